The molecule has 0 radical (unpaired) electrons. The highest BCUT2D eigenvalue weighted by Crippen LogP contribution is 2.40. The first-order chi connectivity index (χ1) is 6.74. The molecule has 0 aliphatic rings. The zero-order chi connectivity index (χ0) is 10.1. The number of rotatable bonds is 1. The maximum atomic E-state index is 10.6. The molecule has 0 saturated heterocycles. The molecule has 1 N–H and O–H groups in total. The number of aromatic hydroxyl groups is 1. The number of nitrogens with zero attached hydrogens (tertiary/aromatic N) is 1. The molecular formula is C10H6BrNO2. The monoisotopic (exact) mass is 251 g/mol. The second kappa shape index (κ2) is 3.38. The zero-order valence-electron chi connectivity index (χ0n) is 7.07. The Balaban J connectivity index is 2.96. The first kappa shape index (κ1) is 9.15. The van der Waals surface area contributed by atoms with E-state index >= 15 is 0 Å². The first-order valence-electron chi connectivity index (χ1n) is 3.97. The van der Waals surface area contributed by atoms with Crippen molar-refractivity contribution in [1.29, 1.82) is 0 Å². The largest absolute Gasteiger partial charge is 0.504 e. The van der Waals surface area contributed by atoms with E-state index in [1.165, 1.54) is 0 Å². The standard InChI is InChI=1S/C10H6BrNO2/c11-8-5-6-3-1-2-4-7(6)9(12-14)10(8)13/h1-5,13H. The molecule has 14 heavy (non-hydrogen) atoms. The maximum Gasteiger partial charge on any atom is 0.159 e. The van der Waals surface area contributed by atoms with Gasteiger partial charge in [0, 0.05) is 5.39 Å². The third-order valence-electron chi connectivity index (χ3n) is 2.04. The van der Waals surface area contributed by atoms with Gasteiger partial charge in [0.05, 0.1) is 4.47 Å². The number of nitroso groups, excluding NO2 is 1. The summed E-state index contributed by atoms with van der Waals surface area (Å²) in [6.07, 6.45) is 0. The second-order valence-corrected chi connectivity index (χ2v) is 3.72. The van der Waals surface area contributed by atoms with Gasteiger partial charge < -0.3 is 5.11 Å². The van der Waals surface area contributed by atoms with Gasteiger partial charge in [-0.25, -0.2) is 0 Å². The van der Waals surface area contributed by atoms with E-state index in [1.807, 2.05) is 12.1 Å². The summed E-state index contributed by atoms with van der Waals surface area (Å²) in [7, 11) is 0. The summed E-state index contributed by atoms with van der Waals surface area (Å²) < 4.78 is 0.478. The van der Waals surface area contributed by atoms with E-state index in [2.05, 4.69) is 21.1 Å². The third-order valence-corrected chi connectivity index (χ3v) is 2.64. The lowest BCUT2D eigenvalue weighted by Gasteiger charge is -2.03. The van der Waals surface area contributed by atoms with E-state index in [9.17, 15) is 10.0 Å². The van der Waals surface area contributed by atoms with Crippen LogP contribution in [0.15, 0.2) is 40.0 Å². The van der Waals surface area contributed by atoms with Gasteiger partial charge in [-0.15, -0.1) is 4.91 Å². The number of phenolic OH excluding ortho intramolecular Hbond substituents is 1. The fourth-order valence-electron chi connectivity index (χ4n) is 1.38. The summed E-state index contributed by atoms with van der Waals surface area (Å²) in [4.78, 5) is 10.6. The maximum absolute atomic E-state index is 10.6. The first-order valence-corrected chi connectivity index (χ1v) is 4.77. The van der Waals surface area contributed by atoms with Crippen molar-refractivity contribution in [2.24, 2.45) is 5.18 Å². The fourth-order valence-corrected chi connectivity index (χ4v) is 1.81. The Labute approximate surface area is 88.5 Å². The van der Waals surface area contributed by atoms with Gasteiger partial charge in [0.2, 0.25) is 0 Å². The fraction of sp³-hybridized carbons (Fsp3) is 0. The van der Waals surface area contributed by atoms with Gasteiger partial charge >= 0.3 is 0 Å². The van der Waals surface area contributed by atoms with Crippen LogP contribution >= 0.6 is 15.9 Å². The normalized spacial score (nSPS) is 10.4. The van der Waals surface area contributed by atoms with Crippen molar-refractivity contribution in [3.8, 4) is 5.75 Å². The van der Waals surface area contributed by atoms with Crippen molar-refractivity contribution in [2.75, 3.05) is 0 Å². The molecule has 3 nitrogen and oxygen atoms in total. The highest BCUT2D eigenvalue weighted by Gasteiger charge is 2.10. The quantitative estimate of drug-likeness (QED) is 0.786. The molecule has 0 aliphatic carbocycles. The van der Waals surface area contributed by atoms with Crippen molar-refractivity contribution < 1.29 is 5.11 Å². The average Bonchev–Trinajstić information content (AvgIpc) is 2.20. The minimum absolute atomic E-state index is 0.0787. The lowest BCUT2D eigenvalue weighted by molar-refractivity contribution is 0.474. The van der Waals surface area contributed by atoms with Gasteiger partial charge in [0.25, 0.3) is 0 Å². The molecule has 0 aliphatic heterocycles. The molecule has 0 aromatic heterocycles. The predicted octanol–water partition coefficient (Wildman–Crippen LogP) is 3.71. The van der Waals surface area contributed by atoms with Gasteiger partial charge in [-0.1, -0.05) is 24.3 Å². The van der Waals surface area contributed by atoms with Gasteiger partial charge in [0.15, 0.2) is 11.4 Å². The van der Waals surface area contributed by atoms with Crippen LogP contribution in [0.25, 0.3) is 10.8 Å². The number of halogens is 1. The Morgan fingerprint density at radius 3 is 2.71 bits per heavy atom. The Morgan fingerprint density at radius 1 is 1.29 bits per heavy atom. The summed E-state index contributed by atoms with van der Waals surface area (Å²) in [6.45, 7) is 0. The van der Waals surface area contributed by atoms with E-state index in [4.69, 9.17) is 0 Å². The minimum atomic E-state index is -0.112. The average molecular weight is 252 g/mol. The molecule has 0 bridgehead atoms. The summed E-state index contributed by atoms with van der Waals surface area (Å²) in [5.74, 6) is -0.112. The Morgan fingerprint density at radius 2 is 2.00 bits per heavy atom. The van der Waals surface area contributed by atoms with Gasteiger partial charge in [-0.05, 0) is 32.6 Å². The van der Waals surface area contributed by atoms with Gasteiger partial charge in [-0.3, -0.25) is 0 Å². The van der Waals surface area contributed by atoms with Gasteiger partial charge in [0.1, 0.15) is 0 Å². The Kier molecular flexibility index (Phi) is 2.21. The van der Waals surface area contributed by atoms with Crippen LogP contribution in [-0.2, 0) is 0 Å². The number of phenols is 1. The molecule has 0 unspecified atom stereocenters. The van der Waals surface area contributed by atoms with Crippen LogP contribution in [0.3, 0.4) is 0 Å². The van der Waals surface area contributed by atoms with Gasteiger partial charge in [-0.2, -0.15) is 0 Å². The van der Waals surface area contributed by atoms with E-state index in [1.54, 1.807) is 18.2 Å². The van der Waals surface area contributed by atoms with Crippen molar-refractivity contribution >= 4 is 32.4 Å². The molecule has 0 heterocycles. The molecule has 2 rings (SSSR count). The van der Waals surface area contributed by atoms with E-state index in [0.29, 0.717) is 9.86 Å². The van der Waals surface area contributed by atoms with Crippen molar-refractivity contribution in [1.82, 2.24) is 0 Å². The van der Waals surface area contributed by atoms with Crippen molar-refractivity contribution in [3.63, 3.8) is 0 Å². The Hall–Kier alpha value is -1.42. The third kappa shape index (κ3) is 1.28. The molecule has 2 aromatic rings. The van der Waals surface area contributed by atoms with E-state index < -0.39 is 0 Å². The SMILES string of the molecule is O=Nc1c(O)c(Br)cc2ccccc12. The minimum Gasteiger partial charge on any atom is -0.504 e. The molecule has 4 heteroatoms. The molecule has 0 amide bonds. The highest BCUT2D eigenvalue weighted by atomic mass is 79.9. The second-order valence-electron chi connectivity index (χ2n) is 2.87. The molecule has 0 fully saturated rings. The molecule has 0 spiro atoms. The zero-order valence-corrected chi connectivity index (χ0v) is 8.65. The van der Waals surface area contributed by atoms with Crippen LogP contribution in [0.5, 0.6) is 5.75 Å². The van der Waals surface area contributed by atoms with Crippen LogP contribution in [0.4, 0.5) is 5.69 Å². The molecule has 70 valence electrons. The van der Waals surface area contributed by atoms with E-state index in [-0.39, 0.29) is 11.4 Å². The summed E-state index contributed by atoms with van der Waals surface area (Å²) >= 11 is 3.16. The van der Waals surface area contributed by atoms with Crippen molar-refractivity contribution in [2.45, 2.75) is 0 Å². The van der Waals surface area contributed by atoms with Crippen molar-refractivity contribution in [3.05, 3.63) is 39.7 Å². The van der Waals surface area contributed by atoms with Crippen LogP contribution in [0.1, 0.15) is 0 Å². The summed E-state index contributed by atoms with van der Waals surface area (Å²) in [5.41, 5.74) is 0.0787. The molecule has 2 aromatic carbocycles. The molecule has 0 saturated carbocycles. The molecular weight excluding hydrogens is 246 g/mol. The topological polar surface area (TPSA) is 49.7 Å². The van der Waals surface area contributed by atoms with Crippen LogP contribution < -0.4 is 0 Å². The summed E-state index contributed by atoms with van der Waals surface area (Å²) in [5, 5.41) is 13.9. The highest BCUT2D eigenvalue weighted by molar-refractivity contribution is 9.10. The number of benzene rings is 2. The van der Waals surface area contributed by atoms with Crippen LogP contribution in [0, 0.1) is 4.91 Å². The smallest absolute Gasteiger partial charge is 0.159 e. The predicted molar refractivity (Wildman–Crippen MR) is 58.8 cm³/mol. The number of hydrogen-bond acceptors (Lipinski definition) is 3. The lowest BCUT2D eigenvalue weighted by atomic mass is 10.1. The Bertz CT molecular complexity index is 511. The summed E-state index contributed by atoms with van der Waals surface area (Å²) in [6, 6.07) is 9.01. The number of fused-ring (bicyclic) bond motifs is 1. The molecule has 0 atom stereocenters. The van der Waals surface area contributed by atoms with E-state index in [0.717, 1.165) is 5.39 Å². The lowest BCUT2D eigenvalue weighted by Crippen LogP contribution is -1.76. The van der Waals surface area contributed by atoms with Crippen LogP contribution in [-0.4, -0.2) is 5.11 Å². The van der Waals surface area contributed by atoms with Crippen LogP contribution in [0.2, 0.25) is 0 Å². The number of hydrogen-bond donors (Lipinski definition) is 1.